The molecule has 0 radical (unpaired) electrons. The number of ether oxygens (including phenoxy) is 1. The fourth-order valence-electron chi connectivity index (χ4n) is 1.54. The third-order valence-corrected chi connectivity index (χ3v) is 4.39. The van der Waals surface area contributed by atoms with Crippen LogP contribution in [0.25, 0.3) is 10.4 Å². The van der Waals surface area contributed by atoms with Gasteiger partial charge in [0.2, 0.25) is 0 Å². The number of hydrogen-bond acceptors (Lipinski definition) is 3. The molecule has 0 bridgehead atoms. The van der Waals surface area contributed by atoms with E-state index in [9.17, 15) is 4.79 Å². The molecule has 3 nitrogen and oxygen atoms in total. The van der Waals surface area contributed by atoms with Gasteiger partial charge < -0.3 is 9.84 Å². The molecule has 18 heavy (non-hydrogen) atoms. The molecule has 1 N–H and O–H groups in total. The van der Waals surface area contributed by atoms with Crippen molar-refractivity contribution < 1.29 is 14.6 Å². The van der Waals surface area contributed by atoms with E-state index in [4.69, 9.17) is 9.84 Å². The zero-order chi connectivity index (χ0) is 13.1. The van der Waals surface area contributed by atoms with Gasteiger partial charge in [0.05, 0.1) is 6.61 Å². The fraction of sp³-hybridized carbons (Fsp3) is 0.154. The van der Waals surface area contributed by atoms with E-state index in [1.807, 2.05) is 37.3 Å². The highest BCUT2D eigenvalue weighted by Crippen LogP contribution is 2.35. The Bertz CT molecular complexity index is 560. The number of carboxylic acids is 1. The van der Waals surface area contributed by atoms with Crippen molar-refractivity contribution in [1.29, 1.82) is 0 Å². The lowest BCUT2D eigenvalue weighted by Gasteiger charge is -2.03. The summed E-state index contributed by atoms with van der Waals surface area (Å²) in [5, 5.41) is 9.00. The Hall–Kier alpha value is -1.33. The first-order chi connectivity index (χ1) is 8.61. The number of thiophene rings is 1. The Balaban J connectivity index is 2.31. The van der Waals surface area contributed by atoms with Crippen LogP contribution in [0.1, 0.15) is 16.6 Å². The molecule has 0 aliphatic rings. The molecule has 0 aliphatic heterocycles. The summed E-state index contributed by atoms with van der Waals surface area (Å²) in [5.41, 5.74) is 0.983. The summed E-state index contributed by atoms with van der Waals surface area (Å²) < 4.78 is 5.98. The van der Waals surface area contributed by atoms with Crippen LogP contribution in [0, 0.1) is 0 Å². The molecular formula is C13H11BrO3S. The first-order valence-electron chi connectivity index (χ1n) is 5.37. The van der Waals surface area contributed by atoms with Gasteiger partial charge in [-0.05, 0) is 58.7 Å². The second-order valence-corrected chi connectivity index (χ2v) is 5.46. The molecule has 0 fully saturated rings. The SMILES string of the molecule is CCOc1ccc(-c2cc(Br)c(C(=O)O)s2)cc1. The molecule has 2 rings (SSSR count). The predicted molar refractivity (Wildman–Crippen MR) is 75.6 cm³/mol. The lowest BCUT2D eigenvalue weighted by Crippen LogP contribution is -1.91. The van der Waals surface area contributed by atoms with Gasteiger partial charge in [0, 0.05) is 9.35 Å². The lowest BCUT2D eigenvalue weighted by atomic mass is 10.2. The van der Waals surface area contributed by atoms with E-state index >= 15 is 0 Å². The van der Waals surface area contributed by atoms with E-state index in [2.05, 4.69) is 15.9 Å². The molecule has 1 aromatic heterocycles. The van der Waals surface area contributed by atoms with E-state index in [-0.39, 0.29) is 0 Å². The van der Waals surface area contributed by atoms with Crippen LogP contribution in [0.5, 0.6) is 5.75 Å². The van der Waals surface area contributed by atoms with E-state index in [0.29, 0.717) is 16.0 Å². The minimum atomic E-state index is -0.913. The largest absolute Gasteiger partial charge is 0.494 e. The number of rotatable bonds is 4. The molecular weight excluding hydrogens is 316 g/mol. The maximum Gasteiger partial charge on any atom is 0.347 e. The van der Waals surface area contributed by atoms with Crippen LogP contribution in [0.4, 0.5) is 0 Å². The summed E-state index contributed by atoms with van der Waals surface area (Å²) in [6, 6.07) is 9.44. The number of hydrogen-bond donors (Lipinski definition) is 1. The summed E-state index contributed by atoms with van der Waals surface area (Å²) in [7, 11) is 0. The fourth-order valence-corrected chi connectivity index (χ4v) is 3.23. The van der Waals surface area contributed by atoms with Crippen molar-refractivity contribution in [3.63, 3.8) is 0 Å². The van der Waals surface area contributed by atoms with Gasteiger partial charge in [0.1, 0.15) is 10.6 Å². The van der Waals surface area contributed by atoms with Crippen molar-refractivity contribution in [2.45, 2.75) is 6.92 Å². The first-order valence-corrected chi connectivity index (χ1v) is 6.98. The van der Waals surface area contributed by atoms with Crippen LogP contribution in [0.3, 0.4) is 0 Å². The molecule has 0 saturated carbocycles. The van der Waals surface area contributed by atoms with E-state index < -0.39 is 5.97 Å². The van der Waals surface area contributed by atoms with Crippen LogP contribution >= 0.6 is 27.3 Å². The van der Waals surface area contributed by atoms with E-state index in [1.54, 1.807) is 0 Å². The van der Waals surface area contributed by atoms with Crippen molar-refractivity contribution >= 4 is 33.2 Å². The monoisotopic (exact) mass is 326 g/mol. The molecule has 0 aliphatic carbocycles. The van der Waals surface area contributed by atoms with Gasteiger partial charge in [-0.1, -0.05) is 0 Å². The standard InChI is InChI=1S/C13H11BrO3S/c1-2-17-9-5-3-8(4-6-9)11-7-10(14)12(18-11)13(15)16/h3-7H,2H2,1H3,(H,15,16). The van der Waals surface area contributed by atoms with Crippen LogP contribution in [0.2, 0.25) is 0 Å². The van der Waals surface area contributed by atoms with E-state index in [0.717, 1.165) is 16.2 Å². The normalized spacial score (nSPS) is 10.3. The Morgan fingerprint density at radius 3 is 2.56 bits per heavy atom. The number of carbonyl (C=O) groups is 1. The van der Waals surface area contributed by atoms with Gasteiger partial charge in [0.25, 0.3) is 0 Å². The van der Waals surface area contributed by atoms with Crippen molar-refractivity contribution in [3.8, 4) is 16.2 Å². The molecule has 0 saturated heterocycles. The van der Waals surface area contributed by atoms with Gasteiger partial charge in [-0.15, -0.1) is 11.3 Å². The highest BCUT2D eigenvalue weighted by molar-refractivity contribution is 9.10. The molecule has 0 amide bonds. The van der Waals surface area contributed by atoms with Gasteiger partial charge in [-0.25, -0.2) is 4.79 Å². The smallest absolute Gasteiger partial charge is 0.347 e. The third-order valence-electron chi connectivity index (χ3n) is 2.33. The molecule has 1 heterocycles. The summed E-state index contributed by atoms with van der Waals surface area (Å²) in [4.78, 5) is 12.2. The van der Waals surface area contributed by atoms with Gasteiger partial charge >= 0.3 is 5.97 Å². The molecule has 0 unspecified atom stereocenters. The van der Waals surface area contributed by atoms with Crippen molar-refractivity contribution in [3.05, 3.63) is 39.7 Å². The zero-order valence-electron chi connectivity index (χ0n) is 9.64. The van der Waals surface area contributed by atoms with Crippen molar-refractivity contribution in [2.75, 3.05) is 6.61 Å². The summed E-state index contributed by atoms with van der Waals surface area (Å²) in [5.74, 6) is -0.0978. The van der Waals surface area contributed by atoms with Crippen LogP contribution in [-0.4, -0.2) is 17.7 Å². The Morgan fingerprint density at radius 2 is 2.06 bits per heavy atom. The Labute approximate surface area is 117 Å². The lowest BCUT2D eigenvalue weighted by molar-refractivity contribution is 0.0701. The maximum atomic E-state index is 11.0. The third kappa shape index (κ3) is 2.73. The second-order valence-electron chi connectivity index (χ2n) is 3.55. The minimum Gasteiger partial charge on any atom is -0.494 e. The maximum absolute atomic E-state index is 11.0. The van der Waals surface area contributed by atoms with Gasteiger partial charge in [-0.2, -0.15) is 0 Å². The second kappa shape index (κ2) is 5.54. The zero-order valence-corrected chi connectivity index (χ0v) is 12.0. The van der Waals surface area contributed by atoms with Crippen LogP contribution in [-0.2, 0) is 0 Å². The summed E-state index contributed by atoms with van der Waals surface area (Å²) in [6.45, 7) is 2.57. The van der Waals surface area contributed by atoms with Crippen molar-refractivity contribution in [1.82, 2.24) is 0 Å². The van der Waals surface area contributed by atoms with E-state index in [1.165, 1.54) is 11.3 Å². The average Bonchev–Trinajstić information content (AvgIpc) is 2.73. The number of halogens is 1. The number of aromatic carboxylic acids is 1. The van der Waals surface area contributed by atoms with Crippen LogP contribution in [0.15, 0.2) is 34.8 Å². The topological polar surface area (TPSA) is 46.5 Å². The summed E-state index contributed by atoms with van der Waals surface area (Å²) >= 11 is 4.51. The molecule has 2 aromatic rings. The molecule has 1 aromatic carbocycles. The molecule has 5 heteroatoms. The van der Waals surface area contributed by atoms with Crippen molar-refractivity contribution in [2.24, 2.45) is 0 Å². The van der Waals surface area contributed by atoms with Gasteiger partial charge in [-0.3, -0.25) is 0 Å². The minimum absolute atomic E-state index is 0.318. The molecule has 0 spiro atoms. The molecule has 94 valence electrons. The highest BCUT2D eigenvalue weighted by Gasteiger charge is 2.14. The molecule has 0 atom stereocenters. The number of carboxylic acid groups (broad SMARTS) is 1. The van der Waals surface area contributed by atoms with Gasteiger partial charge in [0.15, 0.2) is 0 Å². The van der Waals surface area contributed by atoms with Crippen LogP contribution < -0.4 is 4.74 Å². The predicted octanol–water partition coefficient (Wildman–Crippen LogP) is 4.27. The first kappa shape index (κ1) is 13.1. The average molecular weight is 327 g/mol. The Kier molecular flexibility index (Phi) is 4.04. The quantitative estimate of drug-likeness (QED) is 0.912. The highest BCUT2D eigenvalue weighted by atomic mass is 79.9. The Morgan fingerprint density at radius 1 is 1.39 bits per heavy atom. The summed E-state index contributed by atoms with van der Waals surface area (Å²) in [6.07, 6.45) is 0. The number of benzene rings is 1.